The van der Waals surface area contributed by atoms with Gasteiger partial charge in [-0.1, -0.05) is 27.2 Å². The van der Waals surface area contributed by atoms with E-state index in [0.29, 0.717) is 13.0 Å². The number of ether oxygens (including phenoxy) is 1. The van der Waals surface area contributed by atoms with Crippen molar-refractivity contribution in [1.29, 1.82) is 0 Å². The molecule has 0 aliphatic heterocycles. The van der Waals surface area contributed by atoms with Crippen LogP contribution in [0.1, 0.15) is 46.5 Å². The third kappa shape index (κ3) is 9.22. The third-order valence-corrected chi connectivity index (χ3v) is 4.02. The zero-order valence-electron chi connectivity index (χ0n) is 12.7. The van der Waals surface area contributed by atoms with Gasteiger partial charge in [-0.25, -0.2) is 17.6 Å². The second kappa shape index (κ2) is 10.3. The highest BCUT2D eigenvalue weighted by Gasteiger charge is 2.39. The van der Waals surface area contributed by atoms with Crippen LogP contribution in [0.5, 0.6) is 0 Å². The van der Waals surface area contributed by atoms with Crippen LogP contribution in [0.4, 0.5) is 17.6 Å². The summed E-state index contributed by atoms with van der Waals surface area (Å²) in [6.45, 7) is 6.07. The molecule has 0 N–H and O–H groups in total. The fraction of sp³-hybridized carbons (Fsp3) is 0.929. The molecule has 0 saturated carbocycles. The van der Waals surface area contributed by atoms with E-state index in [-0.39, 0.29) is 24.1 Å². The summed E-state index contributed by atoms with van der Waals surface area (Å²) in [6.07, 6.45) is -3.20. The second-order valence-corrected chi connectivity index (χ2v) is 6.65. The molecule has 2 nitrogen and oxygen atoms in total. The number of alkyl halides is 4. The fourth-order valence-corrected chi connectivity index (χ4v) is 2.72. The van der Waals surface area contributed by atoms with Crippen LogP contribution in [0.25, 0.3) is 0 Å². The number of carbonyl (C=O) groups excluding carboxylic acids is 1. The van der Waals surface area contributed by atoms with Gasteiger partial charge in [0.1, 0.15) is 5.25 Å². The molecule has 0 aromatic heterocycles. The predicted molar refractivity (Wildman–Crippen MR) is 77.1 cm³/mol. The van der Waals surface area contributed by atoms with Gasteiger partial charge in [-0.05, 0) is 24.5 Å². The zero-order chi connectivity index (χ0) is 16.5. The maximum absolute atomic E-state index is 12.7. The van der Waals surface area contributed by atoms with Gasteiger partial charge in [0.15, 0.2) is 0 Å². The average molecular weight is 332 g/mol. The molecule has 0 saturated heterocycles. The number of thioether (sulfide) groups is 1. The van der Waals surface area contributed by atoms with Crippen molar-refractivity contribution < 1.29 is 27.1 Å². The topological polar surface area (TPSA) is 26.3 Å². The molecular weight excluding hydrogens is 308 g/mol. The van der Waals surface area contributed by atoms with E-state index < -0.39 is 24.0 Å². The van der Waals surface area contributed by atoms with Gasteiger partial charge < -0.3 is 4.74 Å². The molecule has 0 spiro atoms. The normalized spacial score (nSPS) is 13.8. The molecule has 1 unspecified atom stereocenters. The molecule has 0 aromatic carbocycles. The number of halogens is 4. The number of esters is 1. The smallest absolute Gasteiger partial charge is 0.319 e. The van der Waals surface area contributed by atoms with Gasteiger partial charge >= 0.3 is 18.3 Å². The lowest BCUT2D eigenvalue weighted by atomic mass is 10.2. The summed E-state index contributed by atoms with van der Waals surface area (Å²) in [5.74, 6) is -3.83. The van der Waals surface area contributed by atoms with E-state index in [2.05, 4.69) is 0 Å². The number of hydrogen-bond donors (Lipinski definition) is 0. The zero-order valence-corrected chi connectivity index (χ0v) is 13.5. The number of hydrogen-bond acceptors (Lipinski definition) is 3. The molecule has 0 heterocycles. The Kier molecular flexibility index (Phi) is 10.1. The first-order valence-electron chi connectivity index (χ1n) is 7.14. The van der Waals surface area contributed by atoms with Crippen LogP contribution in [0.2, 0.25) is 0 Å². The van der Waals surface area contributed by atoms with E-state index in [0.717, 1.165) is 6.42 Å². The Bertz CT molecular complexity index is 299. The van der Waals surface area contributed by atoms with Crippen LogP contribution in [-0.4, -0.2) is 35.9 Å². The van der Waals surface area contributed by atoms with E-state index in [9.17, 15) is 22.4 Å². The standard InChI is InChI=1S/C14H24F4O2S/c1-4-6-11(12(19)20-9-10(2)3)21-8-5-7-14(17,18)13(15)16/h10-11,13H,4-9H2,1-3H3. The largest absolute Gasteiger partial charge is 0.465 e. The van der Waals surface area contributed by atoms with Crippen molar-refractivity contribution in [3.05, 3.63) is 0 Å². The maximum Gasteiger partial charge on any atom is 0.319 e. The fourth-order valence-electron chi connectivity index (χ4n) is 1.52. The molecule has 126 valence electrons. The Labute approximate surface area is 128 Å². The Balaban J connectivity index is 4.12. The van der Waals surface area contributed by atoms with Crippen molar-refractivity contribution in [2.45, 2.75) is 64.1 Å². The molecule has 0 radical (unpaired) electrons. The summed E-state index contributed by atoms with van der Waals surface area (Å²) in [7, 11) is 0. The van der Waals surface area contributed by atoms with Crippen molar-refractivity contribution in [3.8, 4) is 0 Å². The van der Waals surface area contributed by atoms with Crippen LogP contribution >= 0.6 is 11.8 Å². The van der Waals surface area contributed by atoms with Crippen LogP contribution in [0.3, 0.4) is 0 Å². The first kappa shape index (κ1) is 20.5. The summed E-state index contributed by atoms with van der Waals surface area (Å²) < 4.78 is 54.6. The molecular formula is C14H24F4O2S. The van der Waals surface area contributed by atoms with Crippen molar-refractivity contribution in [2.24, 2.45) is 5.92 Å². The van der Waals surface area contributed by atoms with Gasteiger partial charge in [-0.2, -0.15) is 0 Å². The van der Waals surface area contributed by atoms with Crippen molar-refractivity contribution in [2.75, 3.05) is 12.4 Å². The molecule has 0 aliphatic carbocycles. The van der Waals surface area contributed by atoms with E-state index >= 15 is 0 Å². The lowest BCUT2D eigenvalue weighted by molar-refractivity contribution is -0.144. The van der Waals surface area contributed by atoms with Gasteiger partial charge in [-0.15, -0.1) is 11.8 Å². The highest BCUT2D eigenvalue weighted by Crippen LogP contribution is 2.29. The van der Waals surface area contributed by atoms with Crippen molar-refractivity contribution >= 4 is 17.7 Å². The molecule has 0 rings (SSSR count). The lowest BCUT2D eigenvalue weighted by Crippen LogP contribution is -2.27. The number of carbonyl (C=O) groups is 1. The molecule has 21 heavy (non-hydrogen) atoms. The summed E-state index contributed by atoms with van der Waals surface area (Å²) in [4.78, 5) is 11.8. The van der Waals surface area contributed by atoms with E-state index in [1.54, 1.807) is 0 Å². The average Bonchev–Trinajstić information content (AvgIpc) is 2.39. The van der Waals surface area contributed by atoms with Gasteiger partial charge in [0.05, 0.1) is 6.61 Å². The quantitative estimate of drug-likeness (QED) is 0.310. The second-order valence-electron chi connectivity index (χ2n) is 5.34. The monoisotopic (exact) mass is 332 g/mol. The third-order valence-electron chi connectivity index (χ3n) is 2.67. The highest BCUT2D eigenvalue weighted by molar-refractivity contribution is 8.00. The van der Waals surface area contributed by atoms with Crippen LogP contribution < -0.4 is 0 Å². The predicted octanol–water partition coefficient (Wildman–Crippen LogP) is 4.77. The minimum absolute atomic E-state index is 0.0559. The maximum atomic E-state index is 12.7. The van der Waals surface area contributed by atoms with Gasteiger partial charge in [-0.3, -0.25) is 4.79 Å². The minimum Gasteiger partial charge on any atom is -0.465 e. The summed E-state index contributed by atoms with van der Waals surface area (Å²) >= 11 is 1.21. The lowest BCUT2D eigenvalue weighted by Gasteiger charge is -2.17. The Morgan fingerprint density at radius 2 is 1.90 bits per heavy atom. The molecule has 0 amide bonds. The molecule has 0 aromatic rings. The summed E-state index contributed by atoms with van der Waals surface area (Å²) in [5.41, 5.74) is 0. The van der Waals surface area contributed by atoms with Gasteiger partial charge in [0.2, 0.25) is 0 Å². The van der Waals surface area contributed by atoms with E-state index in [1.165, 1.54) is 11.8 Å². The Morgan fingerprint density at radius 3 is 2.38 bits per heavy atom. The van der Waals surface area contributed by atoms with Gasteiger partial charge in [0, 0.05) is 6.42 Å². The molecule has 7 heteroatoms. The summed E-state index contributed by atoms with van der Waals surface area (Å²) in [5, 5.41) is -0.408. The summed E-state index contributed by atoms with van der Waals surface area (Å²) in [6, 6.07) is 0. The van der Waals surface area contributed by atoms with E-state index in [4.69, 9.17) is 4.74 Å². The van der Waals surface area contributed by atoms with Crippen LogP contribution in [0.15, 0.2) is 0 Å². The Hall–Kier alpha value is -0.460. The number of rotatable bonds is 11. The van der Waals surface area contributed by atoms with Crippen molar-refractivity contribution in [3.63, 3.8) is 0 Å². The first-order chi connectivity index (χ1) is 9.70. The minimum atomic E-state index is -3.95. The molecule has 0 aliphatic rings. The molecule has 1 atom stereocenters. The van der Waals surface area contributed by atoms with Crippen LogP contribution in [-0.2, 0) is 9.53 Å². The SMILES string of the molecule is CCCC(SCCCC(F)(F)C(F)F)C(=O)OCC(C)C. The molecule has 0 bridgehead atoms. The van der Waals surface area contributed by atoms with Crippen molar-refractivity contribution in [1.82, 2.24) is 0 Å². The molecule has 0 fully saturated rings. The Morgan fingerprint density at radius 1 is 1.29 bits per heavy atom. The van der Waals surface area contributed by atoms with Crippen LogP contribution in [0, 0.1) is 5.92 Å². The van der Waals surface area contributed by atoms with E-state index in [1.807, 2.05) is 20.8 Å². The van der Waals surface area contributed by atoms with Gasteiger partial charge in [0.25, 0.3) is 0 Å². The highest BCUT2D eigenvalue weighted by atomic mass is 32.2. The first-order valence-corrected chi connectivity index (χ1v) is 8.19.